The number of hydrogen-bond donors (Lipinski definition) is 2. The summed E-state index contributed by atoms with van der Waals surface area (Å²) in [5, 5.41) is 20.3. The van der Waals surface area contributed by atoms with E-state index in [2.05, 4.69) is 46.5 Å². The summed E-state index contributed by atoms with van der Waals surface area (Å²) in [5.74, 6) is -2.51. The molecule has 2 aromatic rings. The van der Waals surface area contributed by atoms with Crippen LogP contribution in [0.1, 0.15) is 18.9 Å². The van der Waals surface area contributed by atoms with Gasteiger partial charge in [-0.1, -0.05) is 24.8 Å². The molecule has 6 nitrogen and oxygen atoms in total. The van der Waals surface area contributed by atoms with Crippen molar-refractivity contribution in [1.82, 2.24) is 4.90 Å². The average Bonchev–Trinajstić information content (AvgIpc) is 3.34. The van der Waals surface area contributed by atoms with E-state index in [1.165, 1.54) is 31.4 Å². The van der Waals surface area contributed by atoms with Crippen LogP contribution in [0.3, 0.4) is 0 Å². The van der Waals surface area contributed by atoms with Crippen molar-refractivity contribution in [3.63, 3.8) is 0 Å². The lowest BCUT2D eigenvalue weighted by molar-refractivity contribution is -0.134. The number of fused-ring (bicyclic) bond motifs is 2. The van der Waals surface area contributed by atoms with Crippen LogP contribution < -0.4 is 0 Å². The number of hydrogen-bond acceptors (Lipinski definition) is 6. The Hall–Kier alpha value is -2.58. The fourth-order valence-electron chi connectivity index (χ4n) is 2.84. The number of rotatable bonds is 4. The minimum Gasteiger partial charge on any atom is -0.478 e. The molecule has 4 rings (SSSR count). The molecule has 3 heterocycles. The highest BCUT2D eigenvalue weighted by Gasteiger charge is 2.31. The van der Waals surface area contributed by atoms with Crippen molar-refractivity contribution in [1.29, 1.82) is 0 Å². The second kappa shape index (κ2) is 8.41. The summed E-state index contributed by atoms with van der Waals surface area (Å²) in [5.41, 5.74) is 2.72. The molecule has 27 heavy (non-hydrogen) atoms. The van der Waals surface area contributed by atoms with Crippen molar-refractivity contribution in [3.8, 4) is 0 Å². The topological polar surface area (TPSA) is 90.2 Å². The number of aliphatic carboxylic acids is 2. The summed E-state index contributed by atoms with van der Waals surface area (Å²) in [6, 6.07) is 9.02. The normalized spacial score (nSPS) is 15.7. The van der Waals surface area contributed by atoms with Gasteiger partial charge in [-0.25, -0.2) is 9.59 Å². The molecule has 0 spiro atoms. The maximum atomic E-state index is 9.55. The number of carbonyl (C=O) groups is 2. The zero-order valence-corrected chi connectivity index (χ0v) is 16.2. The van der Waals surface area contributed by atoms with Crippen molar-refractivity contribution < 1.29 is 19.8 Å². The molecule has 0 aliphatic carbocycles. The van der Waals surface area contributed by atoms with E-state index < -0.39 is 11.9 Å². The van der Waals surface area contributed by atoms with Crippen LogP contribution in [0.15, 0.2) is 51.7 Å². The number of nitrogens with zero attached hydrogens (tertiary/aromatic N) is 2. The Kier molecular flexibility index (Phi) is 5.98. The third kappa shape index (κ3) is 4.40. The predicted molar refractivity (Wildman–Crippen MR) is 110 cm³/mol. The van der Waals surface area contributed by atoms with Gasteiger partial charge in [-0.2, -0.15) is 0 Å². The number of amidine groups is 1. The number of benzene rings is 1. The van der Waals surface area contributed by atoms with E-state index in [1.807, 2.05) is 11.8 Å². The van der Waals surface area contributed by atoms with Gasteiger partial charge in [0.05, 0.1) is 12.2 Å². The van der Waals surface area contributed by atoms with Gasteiger partial charge in [-0.15, -0.1) is 11.3 Å². The van der Waals surface area contributed by atoms with E-state index in [4.69, 9.17) is 10.2 Å². The Labute approximate surface area is 164 Å². The number of thioether (sulfide) groups is 1. The summed E-state index contributed by atoms with van der Waals surface area (Å²) in [7, 11) is 0. The molecule has 2 N–H and O–H groups in total. The number of carboxylic acids is 2. The molecule has 0 bridgehead atoms. The van der Waals surface area contributed by atoms with E-state index in [-0.39, 0.29) is 0 Å². The smallest absolute Gasteiger partial charge is 0.328 e. The fourth-order valence-corrected chi connectivity index (χ4v) is 4.75. The molecule has 0 fully saturated rings. The molecule has 1 aromatic heterocycles. The van der Waals surface area contributed by atoms with Crippen LogP contribution in [0.25, 0.3) is 15.8 Å². The maximum Gasteiger partial charge on any atom is 0.328 e. The molecule has 2 aliphatic heterocycles. The Morgan fingerprint density at radius 3 is 2.63 bits per heavy atom. The molecule has 0 amide bonds. The number of aliphatic imine (C=N–C) groups is 1. The molecule has 8 heteroatoms. The van der Waals surface area contributed by atoms with E-state index in [1.54, 1.807) is 11.3 Å². The lowest BCUT2D eigenvalue weighted by atomic mass is 10.1. The molecule has 0 saturated heterocycles. The van der Waals surface area contributed by atoms with E-state index in [9.17, 15) is 9.59 Å². The molecule has 0 unspecified atom stereocenters. The van der Waals surface area contributed by atoms with Crippen molar-refractivity contribution >= 4 is 56.0 Å². The van der Waals surface area contributed by atoms with Gasteiger partial charge in [0.15, 0.2) is 5.17 Å². The summed E-state index contributed by atoms with van der Waals surface area (Å²) >= 11 is 3.66. The summed E-state index contributed by atoms with van der Waals surface area (Å²) < 4.78 is 1.36. The largest absolute Gasteiger partial charge is 0.478 e. The first-order chi connectivity index (χ1) is 13.0. The molecule has 0 saturated carbocycles. The molecular weight excluding hydrogens is 384 g/mol. The molecule has 0 radical (unpaired) electrons. The summed E-state index contributed by atoms with van der Waals surface area (Å²) in [6.07, 6.45) is 2.20. The highest BCUT2D eigenvalue weighted by Crippen LogP contribution is 2.43. The number of carboxylic acid groups (broad SMARTS) is 2. The standard InChI is InChI=1S/C15H14N2S2.C4H4O4/c1-2-12-14(17-7-6-16-15(17)19-12)11-3-4-13-10(9-11)5-8-18-13;5-3(6)1-2-4(7)8/h3-5,8-9H,2,6-7H2,1H3;1-2H,(H,5,6)(H,7,8). The quantitative estimate of drug-likeness (QED) is 0.748. The predicted octanol–water partition coefficient (Wildman–Crippen LogP) is 4.11. The Bertz CT molecular complexity index is 959. The maximum absolute atomic E-state index is 9.55. The Morgan fingerprint density at radius 2 is 1.96 bits per heavy atom. The molecule has 0 atom stereocenters. The van der Waals surface area contributed by atoms with Gasteiger partial charge in [0, 0.05) is 28.3 Å². The Morgan fingerprint density at radius 1 is 1.22 bits per heavy atom. The van der Waals surface area contributed by atoms with Crippen LogP contribution >= 0.6 is 23.1 Å². The van der Waals surface area contributed by atoms with Gasteiger partial charge in [0.2, 0.25) is 0 Å². The first-order valence-corrected chi connectivity index (χ1v) is 10.0. The van der Waals surface area contributed by atoms with Crippen molar-refractivity contribution in [3.05, 3.63) is 52.3 Å². The van der Waals surface area contributed by atoms with Crippen molar-refractivity contribution in [2.24, 2.45) is 4.99 Å². The van der Waals surface area contributed by atoms with Crippen LogP contribution in [0, 0.1) is 0 Å². The first-order valence-electron chi connectivity index (χ1n) is 8.34. The lowest BCUT2D eigenvalue weighted by Gasteiger charge is -2.17. The van der Waals surface area contributed by atoms with Gasteiger partial charge in [0.25, 0.3) is 0 Å². The number of thiophene rings is 1. The Balaban J connectivity index is 0.000000226. The fraction of sp³-hybridized carbons (Fsp3) is 0.211. The van der Waals surface area contributed by atoms with Crippen LogP contribution in [0.2, 0.25) is 0 Å². The van der Waals surface area contributed by atoms with Crippen LogP contribution in [0.5, 0.6) is 0 Å². The van der Waals surface area contributed by atoms with Gasteiger partial charge >= 0.3 is 11.9 Å². The minimum atomic E-state index is -1.26. The monoisotopic (exact) mass is 402 g/mol. The van der Waals surface area contributed by atoms with Crippen LogP contribution in [-0.4, -0.2) is 45.3 Å². The van der Waals surface area contributed by atoms with Crippen molar-refractivity contribution in [2.45, 2.75) is 13.3 Å². The van der Waals surface area contributed by atoms with E-state index >= 15 is 0 Å². The van der Waals surface area contributed by atoms with E-state index in [0.717, 1.165) is 19.5 Å². The van der Waals surface area contributed by atoms with Gasteiger partial charge < -0.3 is 15.1 Å². The van der Waals surface area contributed by atoms with Crippen LogP contribution in [-0.2, 0) is 9.59 Å². The van der Waals surface area contributed by atoms with E-state index in [0.29, 0.717) is 12.2 Å². The molecule has 2 aliphatic rings. The van der Waals surface area contributed by atoms with Gasteiger partial charge in [-0.3, -0.25) is 4.99 Å². The molecule has 1 aromatic carbocycles. The zero-order chi connectivity index (χ0) is 19.4. The van der Waals surface area contributed by atoms with Gasteiger partial charge in [0.1, 0.15) is 0 Å². The third-order valence-corrected chi connectivity index (χ3v) is 6.12. The molecular formula is C19H18N2O4S2. The third-order valence-electron chi connectivity index (χ3n) is 3.97. The second-order valence-corrected chi connectivity index (χ2v) is 7.74. The zero-order valence-electron chi connectivity index (χ0n) is 14.6. The van der Waals surface area contributed by atoms with Gasteiger partial charge in [-0.05, 0) is 40.9 Å². The number of allylic oxidation sites excluding steroid dienone is 1. The highest BCUT2D eigenvalue weighted by molar-refractivity contribution is 8.17. The molecule has 140 valence electrons. The SMILES string of the molecule is CCC1=C(c2ccc3sccc3c2)N2CCN=C2S1.O=C(O)C=CC(=O)O. The average molecular weight is 402 g/mol. The minimum absolute atomic E-state index is 0.558. The summed E-state index contributed by atoms with van der Waals surface area (Å²) in [6.45, 7) is 4.19. The van der Waals surface area contributed by atoms with Crippen molar-refractivity contribution in [2.75, 3.05) is 13.1 Å². The lowest BCUT2D eigenvalue weighted by Crippen LogP contribution is -2.19. The highest BCUT2D eigenvalue weighted by atomic mass is 32.2. The first kappa shape index (κ1) is 19.2. The second-order valence-electron chi connectivity index (χ2n) is 5.73. The summed E-state index contributed by atoms with van der Waals surface area (Å²) in [4.78, 5) is 27.5. The van der Waals surface area contributed by atoms with Crippen LogP contribution in [0.4, 0.5) is 0 Å².